The molecular formula is C10H16N2O2. The molecule has 0 amide bonds. The van der Waals surface area contributed by atoms with Crippen LogP contribution in [0.15, 0.2) is 4.52 Å². The fourth-order valence-corrected chi connectivity index (χ4v) is 1.68. The average Bonchev–Trinajstić information content (AvgIpc) is 2.76. The number of hydrogen-bond acceptors (Lipinski definition) is 4. The summed E-state index contributed by atoms with van der Waals surface area (Å²) in [6, 6.07) is 0. The number of aryl methyl sites for hydroxylation is 2. The van der Waals surface area contributed by atoms with Gasteiger partial charge >= 0.3 is 0 Å². The number of hydrogen-bond donors (Lipinski definition) is 1. The fraction of sp³-hybridized carbons (Fsp3) is 0.700. The van der Waals surface area contributed by atoms with Gasteiger partial charge in [-0.2, -0.15) is 0 Å². The molecule has 0 spiro atoms. The van der Waals surface area contributed by atoms with E-state index in [2.05, 4.69) is 10.5 Å². The number of ether oxygens (including phenoxy) is 1. The van der Waals surface area contributed by atoms with Gasteiger partial charge in [0.2, 0.25) is 0 Å². The van der Waals surface area contributed by atoms with Crippen LogP contribution in [0.3, 0.4) is 0 Å². The minimum atomic E-state index is 0.351. The molecule has 1 aromatic rings. The molecule has 1 aromatic heterocycles. The van der Waals surface area contributed by atoms with Crippen LogP contribution in [0.1, 0.15) is 23.4 Å². The van der Waals surface area contributed by atoms with Crippen molar-refractivity contribution >= 4 is 0 Å². The highest BCUT2D eigenvalue weighted by atomic mass is 16.5. The van der Waals surface area contributed by atoms with Crippen molar-refractivity contribution in [3.63, 3.8) is 0 Å². The lowest BCUT2D eigenvalue weighted by Gasteiger charge is -2.09. The van der Waals surface area contributed by atoms with E-state index in [1.54, 1.807) is 0 Å². The summed E-state index contributed by atoms with van der Waals surface area (Å²) in [5.74, 6) is 0.869. The van der Waals surface area contributed by atoms with Crippen LogP contribution in [0, 0.1) is 13.8 Å². The summed E-state index contributed by atoms with van der Waals surface area (Å²) < 4.78 is 10.8. The molecule has 0 aliphatic carbocycles. The van der Waals surface area contributed by atoms with Crippen molar-refractivity contribution in [2.24, 2.45) is 0 Å². The van der Waals surface area contributed by atoms with Crippen LogP contribution < -0.4 is 5.32 Å². The smallest absolute Gasteiger partial charge is 0.139 e. The number of nitrogens with one attached hydrogen (secondary N) is 1. The maximum Gasteiger partial charge on any atom is 0.139 e. The van der Waals surface area contributed by atoms with Crippen molar-refractivity contribution in [3.8, 4) is 0 Å². The fourth-order valence-electron chi connectivity index (χ4n) is 1.68. The van der Waals surface area contributed by atoms with E-state index in [0.29, 0.717) is 12.7 Å². The number of rotatable bonds is 3. The van der Waals surface area contributed by atoms with E-state index in [1.807, 2.05) is 13.8 Å². The Morgan fingerprint density at radius 2 is 2.43 bits per heavy atom. The first-order chi connectivity index (χ1) is 6.77. The minimum Gasteiger partial charge on any atom is -0.372 e. The van der Waals surface area contributed by atoms with Crippen LogP contribution in [0.4, 0.5) is 0 Å². The van der Waals surface area contributed by atoms with Gasteiger partial charge in [-0.15, -0.1) is 0 Å². The first-order valence-electron chi connectivity index (χ1n) is 5.01. The van der Waals surface area contributed by atoms with Gasteiger partial charge in [0.05, 0.1) is 18.4 Å². The van der Waals surface area contributed by atoms with Crippen LogP contribution in [-0.2, 0) is 11.3 Å². The molecule has 1 atom stereocenters. The summed E-state index contributed by atoms with van der Waals surface area (Å²) in [5.41, 5.74) is 2.03. The second kappa shape index (κ2) is 4.11. The van der Waals surface area contributed by atoms with Gasteiger partial charge in [-0.3, -0.25) is 0 Å². The molecular weight excluding hydrogens is 180 g/mol. The topological polar surface area (TPSA) is 47.3 Å². The van der Waals surface area contributed by atoms with Gasteiger partial charge in [-0.25, -0.2) is 0 Å². The second-order valence-electron chi connectivity index (χ2n) is 3.73. The van der Waals surface area contributed by atoms with Crippen LogP contribution in [0.5, 0.6) is 0 Å². The Balaban J connectivity index is 1.90. The summed E-state index contributed by atoms with van der Waals surface area (Å²) >= 11 is 0. The molecule has 1 fully saturated rings. The van der Waals surface area contributed by atoms with E-state index in [-0.39, 0.29) is 0 Å². The molecule has 4 nitrogen and oxygen atoms in total. The zero-order chi connectivity index (χ0) is 9.97. The highest BCUT2D eigenvalue weighted by molar-refractivity contribution is 5.19. The van der Waals surface area contributed by atoms with Crippen molar-refractivity contribution in [3.05, 3.63) is 17.0 Å². The summed E-state index contributed by atoms with van der Waals surface area (Å²) in [5, 5.41) is 7.16. The molecule has 1 aliphatic heterocycles. The highest BCUT2D eigenvalue weighted by Crippen LogP contribution is 2.15. The molecule has 1 saturated heterocycles. The molecule has 0 radical (unpaired) electrons. The minimum absolute atomic E-state index is 0.351. The van der Waals surface area contributed by atoms with Crippen LogP contribution in [-0.4, -0.2) is 24.4 Å². The third-order valence-electron chi connectivity index (χ3n) is 2.66. The maximum atomic E-state index is 5.75. The SMILES string of the molecule is Cc1noc(C)c1CO[C@H]1CCNC1. The molecule has 0 unspecified atom stereocenters. The number of aromatic nitrogens is 1. The largest absolute Gasteiger partial charge is 0.372 e. The summed E-state index contributed by atoms with van der Waals surface area (Å²) in [4.78, 5) is 0. The van der Waals surface area contributed by atoms with Gasteiger partial charge in [-0.1, -0.05) is 5.16 Å². The normalized spacial score (nSPS) is 21.7. The molecule has 0 aromatic carbocycles. The molecule has 2 heterocycles. The van der Waals surface area contributed by atoms with E-state index < -0.39 is 0 Å². The summed E-state index contributed by atoms with van der Waals surface area (Å²) in [7, 11) is 0. The third-order valence-corrected chi connectivity index (χ3v) is 2.66. The molecule has 4 heteroatoms. The monoisotopic (exact) mass is 196 g/mol. The first kappa shape index (κ1) is 9.68. The third kappa shape index (κ3) is 1.96. The molecule has 78 valence electrons. The van der Waals surface area contributed by atoms with Crippen molar-refractivity contribution in [1.29, 1.82) is 0 Å². The molecule has 2 rings (SSSR count). The summed E-state index contributed by atoms with van der Waals surface area (Å²) in [6.07, 6.45) is 1.45. The van der Waals surface area contributed by atoms with Gasteiger partial charge in [0.15, 0.2) is 0 Å². The Hall–Kier alpha value is -0.870. The Kier molecular flexibility index (Phi) is 2.84. The van der Waals surface area contributed by atoms with Crippen molar-refractivity contribution < 1.29 is 9.26 Å². The number of nitrogens with zero attached hydrogens (tertiary/aromatic N) is 1. The standard InChI is InChI=1S/C10H16N2O2/c1-7-10(8(2)14-12-7)6-13-9-3-4-11-5-9/h9,11H,3-6H2,1-2H3/t9-/m0/s1. The Morgan fingerprint density at radius 3 is 3.00 bits per heavy atom. The van der Waals surface area contributed by atoms with Crippen LogP contribution in [0.2, 0.25) is 0 Å². The molecule has 1 N–H and O–H groups in total. The Labute approximate surface area is 83.6 Å². The van der Waals surface area contributed by atoms with Crippen molar-refractivity contribution in [1.82, 2.24) is 10.5 Å². The van der Waals surface area contributed by atoms with Crippen LogP contribution in [0.25, 0.3) is 0 Å². The Morgan fingerprint density at radius 1 is 1.57 bits per heavy atom. The quantitative estimate of drug-likeness (QED) is 0.788. The van der Waals surface area contributed by atoms with Crippen molar-refractivity contribution in [2.45, 2.75) is 33.0 Å². The first-order valence-corrected chi connectivity index (χ1v) is 5.01. The molecule has 0 bridgehead atoms. The lowest BCUT2D eigenvalue weighted by Crippen LogP contribution is -2.16. The summed E-state index contributed by atoms with van der Waals surface area (Å²) in [6.45, 7) is 6.51. The Bertz CT molecular complexity index is 284. The van der Waals surface area contributed by atoms with E-state index in [1.165, 1.54) is 0 Å². The van der Waals surface area contributed by atoms with Gasteiger partial charge in [0.1, 0.15) is 5.76 Å². The van der Waals surface area contributed by atoms with E-state index in [9.17, 15) is 0 Å². The van der Waals surface area contributed by atoms with Crippen molar-refractivity contribution in [2.75, 3.05) is 13.1 Å². The average molecular weight is 196 g/mol. The van der Waals surface area contributed by atoms with Gasteiger partial charge < -0.3 is 14.6 Å². The zero-order valence-corrected chi connectivity index (χ0v) is 8.67. The molecule has 14 heavy (non-hydrogen) atoms. The predicted molar refractivity (Wildman–Crippen MR) is 52.0 cm³/mol. The molecule has 0 saturated carbocycles. The second-order valence-corrected chi connectivity index (χ2v) is 3.73. The van der Waals surface area contributed by atoms with Crippen LogP contribution >= 0.6 is 0 Å². The van der Waals surface area contributed by atoms with Gasteiger partial charge in [0.25, 0.3) is 0 Å². The lowest BCUT2D eigenvalue weighted by atomic mass is 10.2. The van der Waals surface area contributed by atoms with E-state index in [4.69, 9.17) is 9.26 Å². The van der Waals surface area contributed by atoms with E-state index in [0.717, 1.165) is 36.5 Å². The van der Waals surface area contributed by atoms with Gasteiger partial charge in [-0.05, 0) is 26.8 Å². The predicted octanol–water partition coefficient (Wildman–Crippen LogP) is 1.17. The highest BCUT2D eigenvalue weighted by Gasteiger charge is 2.16. The van der Waals surface area contributed by atoms with Gasteiger partial charge in [0, 0.05) is 12.1 Å². The maximum absolute atomic E-state index is 5.75. The van der Waals surface area contributed by atoms with E-state index >= 15 is 0 Å². The molecule has 1 aliphatic rings. The lowest BCUT2D eigenvalue weighted by molar-refractivity contribution is 0.0533. The zero-order valence-electron chi connectivity index (χ0n) is 8.67.